The number of methoxy groups -OCH3 is 3. The van der Waals surface area contributed by atoms with Crippen molar-refractivity contribution in [2.45, 2.75) is 26.2 Å². The van der Waals surface area contributed by atoms with Gasteiger partial charge in [0.1, 0.15) is 0 Å². The van der Waals surface area contributed by atoms with Crippen LogP contribution in [0.4, 0.5) is 5.69 Å². The number of benzene rings is 3. The summed E-state index contributed by atoms with van der Waals surface area (Å²) in [6, 6.07) is 17.6. The van der Waals surface area contributed by atoms with Crippen molar-refractivity contribution in [2.24, 2.45) is 0 Å². The normalized spacial score (nSPS) is 12.8. The minimum Gasteiger partial charge on any atom is -0.493 e. The molecule has 0 saturated carbocycles. The van der Waals surface area contributed by atoms with Crippen molar-refractivity contribution >= 4 is 23.4 Å². The molecule has 0 bridgehead atoms. The number of carbonyl (C=O) groups excluding carboxylic acids is 3. The van der Waals surface area contributed by atoms with Crippen molar-refractivity contribution < 1.29 is 28.6 Å². The van der Waals surface area contributed by atoms with Crippen LogP contribution in [0.25, 0.3) is 0 Å². The first kappa shape index (κ1) is 26.7. The van der Waals surface area contributed by atoms with E-state index in [1.54, 1.807) is 41.3 Å². The van der Waals surface area contributed by atoms with Crippen molar-refractivity contribution in [3.05, 3.63) is 82.9 Å². The molecule has 4 rings (SSSR count). The number of hydrogen-bond donors (Lipinski definition) is 0. The lowest BCUT2D eigenvalue weighted by atomic mass is 9.87. The fourth-order valence-electron chi connectivity index (χ4n) is 4.49. The van der Waals surface area contributed by atoms with Gasteiger partial charge in [0.15, 0.2) is 11.5 Å². The molecule has 3 aromatic carbocycles. The average molecular weight is 517 g/mol. The van der Waals surface area contributed by atoms with Gasteiger partial charge in [0.25, 0.3) is 17.7 Å². The van der Waals surface area contributed by atoms with E-state index in [0.29, 0.717) is 39.6 Å². The average Bonchev–Trinajstić information content (AvgIpc) is 3.16. The quantitative estimate of drug-likeness (QED) is 0.394. The summed E-state index contributed by atoms with van der Waals surface area (Å²) < 4.78 is 16.3. The minimum atomic E-state index is -0.367. The van der Waals surface area contributed by atoms with Gasteiger partial charge in [-0.1, -0.05) is 45.0 Å². The largest absolute Gasteiger partial charge is 0.493 e. The Morgan fingerprint density at radius 3 is 1.79 bits per heavy atom. The third-order valence-electron chi connectivity index (χ3n) is 6.63. The summed E-state index contributed by atoms with van der Waals surface area (Å²) in [5.41, 5.74) is 2.73. The van der Waals surface area contributed by atoms with Crippen LogP contribution in [0.3, 0.4) is 0 Å². The Balaban J connectivity index is 1.70. The minimum absolute atomic E-state index is 0.0313. The second-order valence-corrected chi connectivity index (χ2v) is 9.98. The van der Waals surface area contributed by atoms with E-state index in [1.807, 2.05) is 24.3 Å². The molecule has 3 amide bonds. The van der Waals surface area contributed by atoms with Crippen molar-refractivity contribution in [3.63, 3.8) is 0 Å². The molecule has 3 aromatic rings. The van der Waals surface area contributed by atoms with E-state index < -0.39 is 0 Å². The Morgan fingerprint density at radius 2 is 1.34 bits per heavy atom. The van der Waals surface area contributed by atoms with Crippen molar-refractivity contribution in [1.82, 2.24) is 4.90 Å². The summed E-state index contributed by atoms with van der Waals surface area (Å²) in [5.74, 6) is -0.0112. The molecule has 0 atom stereocenters. The predicted octanol–water partition coefficient (Wildman–Crippen LogP) is 4.95. The number of anilines is 1. The maximum absolute atomic E-state index is 13.9. The molecule has 0 aromatic heterocycles. The van der Waals surface area contributed by atoms with E-state index in [0.717, 1.165) is 5.56 Å². The van der Waals surface area contributed by atoms with Gasteiger partial charge in [-0.05, 0) is 47.4 Å². The fraction of sp³-hybridized carbons (Fsp3) is 0.300. The van der Waals surface area contributed by atoms with E-state index in [4.69, 9.17) is 14.2 Å². The van der Waals surface area contributed by atoms with Crippen LogP contribution in [0.2, 0.25) is 0 Å². The molecule has 1 aliphatic rings. The maximum atomic E-state index is 13.9. The monoisotopic (exact) mass is 516 g/mol. The molecule has 1 aliphatic heterocycles. The predicted molar refractivity (Wildman–Crippen MR) is 145 cm³/mol. The smallest absolute Gasteiger partial charge is 0.261 e. The van der Waals surface area contributed by atoms with Crippen molar-refractivity contribution in [1.29, 1.82) is 0 Å². The van der Waals surface area contributed by atoms with Crippen LogP contribution in [0, 0.1) is 0 Å². The lowest BCUT2D eigenvalue weighted by molar-refractivity contribution is 0.0654. The number of imide groups is 1. The zero-order valence-electron chi connectivity index (χ0n) is 22.5. The Morgan fingerprint density at radius 1 is 0.816 bits per heavy atom. The molecule has 38 heavy (non-hydrogen) atoms. The third kappa shape index (κ3) is 4.94. The van der Waals surface area contributed by atoms with Gasteiger partial charge in [0, 0.05) is 24.3 Å². The lowest BCUT2D eigenvalue weighted by Crippen LogP contribution is -2.41. The first-order chi connectivity index (χ1) is 18.1. The van der Waals surface area contributed by atoms with Crippen LogP contribution in [0.5, 0.6) is 17.2 Å². The number of rotatable bonds is 8. The van der Waals surface area contributed by atoms with Gasteiger partial charge in [-0.15, -0.1) is 0 Å². The van der Waals surface area contributed by atoms with Crippen molar-refractivity contribution in [3.8, 4) is 17.2 Å². The summed E-state index contributed by atoms with van der Waals surface area (Å²) >= 11 is 0. The van der Waals surface area contributed by atoms with Crippen LogP contribution < -0.4 is 19.1 Å². The van der Waals surface area contributed by atoms with Gasteiger partial charge >= 0.3 is 0 Å². The standard InChI is InChI=1S/C30H32N2O6/c1-30(2,3)20-11-13-21(14-12-20)31(15-16-32-28(34)22-9-7-8-10-23(22)29(32)35)27(33)19-17-24(36-4)26(38-6)25(18-19)37-5/h7-14,17-18H,15-16H2,1-6H3. The summed E-state index contributed by atoms with van der Waals surface area (Å²) in [4.78, 5) is 42.6. The number of hydrogen-bond acceptors (Lipinski definition) is 6. The van der Waals surface area contributed by atoms with Crippen molar-refractivity contribution in [2.75, 3.05) is 39.3 Å². The van der Waals surface area contributed by atoms with Crippen LogP contribution in [0.15, 0.2) is 60.7 Å². The van der Waals surface area contributed by atoms with Crippen LogP contribution in [0.1, 0.15) is 57.4 Å². The number of ether oxygens (including phenoxy) is 3. The highest BCUT2D eigenvalue weighted by Crippen LogP contribution is 2.39. The van der Waals surface area contributed by atoms with E-state index in [1.165, 1.54) is 26.2 Å². The van der Waals surface area contributed by atoms with Crippen LogP contribution in [-0.4, -0.2) is 57.0 Å². The SMILES string of the molecule is COc1cc(C(=O)N(CCN2C(=O)c3ccccc3C2=O)c2ccc(C(C)(C)C)cc2)cc(OC)c1OC. The lowest BCUT2D eigenvalue weighted by Gasteiger charge is -2.27. The summed E-state index contributed by atoms with van der Waals surface area (Å²) in [7, 11) is 4.46. The van der Waals surface area contributed by atoms with E-state index in [9.17, 15) is 14.4 Å². The second-order valence-electron chi connectivity index (χ2n) is 9.98. The molecule has 0 aliphatic carbocycles. The Labute approximate surface area is 222 Å². The topological polar surface area (TPSA) is 85.4 Å². The molecule has 8 heteroatoms. The van der Waals surface area contributed by atoms with Gasteiger partial charge in [-0.2, -0.15) is 0 Å². The Hall–Kier alpha value is -4.33. The number of amides is 3. The van der Waals surface area contributed by atoms with E-state index in [2.05, 4.69) is 20.8 Å². The number of nitrogens with zero attached hydrogens (tertiary/aromatic N) is 2. The highest BCUT2D eigenvalue weighted by Gasteiger charge is 2.35. The molecule has 1 heterocycles. The Bertz CT molecular complexity index is 1310. The van der Waals surface area contributed by atoms with Crippen LogP contribution >= 0.6 is 0 Å². The Kier molecular flexibility index (Phi) is 7.44. The van der Waals surface area contributed by atoms with Gasteiger partial charge in [0.2, 0.25) is 5.75 Å². The summed E-state index contributed by atoms with van der Waals surface area (Å²) in [6.07, 6.45) is 0. The first-order valence-electron chi connectivity index (χ1n) is 12.3. The van der Waals surface area contributed by atoms with E-state index >= 15 is 0 Å². The number of fused-ring (bicyclic) bond motifs is 1. The van der Waals surface area contributed by atoms with Gasteiger partial charge in [-0.3, -0.25) is 19.3 Å². The molecule has 0 radical (unpaired) electrons. The molecule has 0 saturated heterocycles. The van der Waals surface area contributed by atoms with Gasteiger partial charge < -0.3 is 19.1 Å². The molecular weight excluding hydrogens is 484 g/mol. The molecule has 0 spiro atoms. The first-order valence-corrected chi connectivity index (χ1v) is 12.3. The number of carbonyl (C=O) groups is 3. The van der Waals surface area contributed by atoms with Gasteiger partial charge in [-0.25, -0.2) is 0 Å². The second kappa shape index (κ2) is 10.6. The molecule has 0 N–H and O–H groups in total. The van der Waals surface area contributed by atoms with Gasteiger partial charge in [0.05, 0.1) is 32.5 Å². The molecule has 198 valence electrons. The highest BCUT2D eigenvalue weighted by molar-refractivity contribution is 6.21. The van der Waals surface area contributed by atoms with Crippen LogP contribution in [-0.2, 0) is 5.41 Å². The molecule has 8 nitrogen and oxygen atoms in total. The highest BCUT2D eigenvalue weighted by atomic mass is 16.5. The zero-order valence-corrected chi connectivity index (χ0v) is 22.5. The molecular formula is C30H32N2O6. The zero-order chi connectivity index (χ0) is 27.6. The summed E-state index contributed by atoms with van der Waals surface area (Å²) in [6.45, 7) is 6.47. The molecule has 0 unspecified atom stereocenters. The maximum Gasteiger partial charge on any atom is 0.261 e. The fourth-order valence-corrected chi connectivity index (χ4v) is 4.49. The molecule has 0 fully saturated rings. The summed E-state index contributed by atoms with van der Waals surface area (Å²) in [5, 5.41) is 0. The third-order valence-corrected chi connectivity index (χ3v) is 6.63. The van der Waals surface area contributed by atoms with E-state index in [-0.39, 0.29) is 36.2 Å².